The molecule has 12 heavy (non-hydrogen) atoms. The molecule has 1 fully saturated rings. The molecule has 72 valence electrons. The lowest BCUT2D eigenvalue weighted by Crippen LogP contribution is -2.32. The van der Waals surface area contributed by atoms with Crippen molar-refractivity contribution in [2.75, 3.05) is 14.1 Å². The van der Waals surface area contributed by atoms with Gasteiger partial charge in [0, 0.05) is 18.9 Å². The Labute approximate surface area is 75.9 Å². The van der Waals surface area contributed by atoms with Crippen LogP contribution < -0.4 is 0 Å². The summed E-state index contributed by atoms with van der Waals surface area (Å²) in [5.74, 6) is 0.443. The maximum atomic E-state index is 10.8. The zero-order valence-electron chi connectivity index (χ0n) is 8.76. The highest BCUT2D eigenvalue weighted by atomic mass is 16.1. The molecule has 0 atom stereocenters. The fourth-order valence-corrected chi connectivity index (χ4v) is 1.44. The minimum absolute atomic E-state index is 0.443. The van der Waals surface area contributed by atoms with E-state index in [0.717, 1.165) is 25.7 Å². The molecule has 0 N–H and O–H groups in total. The molecule has 0 heterocycles. The smallest absolute Gasteiger partial charge is 0.133 e. The lowest BCUT2D eigenvalue weighted by molar-refractivity contribution is -0.121. The number of rotatable bonds is 1. The fraction of sp³-hybridized carbons (Fsp3) is 0.900. The Kier molecular flexibility index (Phi) is 5.99. The van der Waals surface area contributed by atoms with Crippen LogP contribution in [-0.2, 0) is 4.79 Å². The first kappa shape index (κ1) is 11.6. The van der Waals surface area contributed by atoms with E-state index in [1.54, 1.807) is 0 Å². The van der Waals surface area contributed by atoms with Gasteiger partial charge in [0.2, 0.25) is 0 Å². The topological polar surface area (TPSA) is 20.3 Å². The van der Waals surface area contributed by atoms with E-state index in [0.29, 0.717) is 11.8 Å². The molecule has 0 bridgehead atoms. The molecule has 1 aliphatic rings. The summed E-state index contributed by atoms with van der Waals surface area (Å²) in [6.07, 6.45) is 3.71. The molecule has 0 aromatic rings. The van der Waals surface area contributed by atoms with Crippen LogP contribution in [0.2, 0.25) is 0 Å². The van der Waals surface area contributed by atoms with E-state index < -0.39 is 0 Å². The first-order valence-corrected chi connectivity index (χ1v) is 4.88. The van der Waals surface area contributed by atoms with E-state index in [9.17, 15) is 4.79 Å². The number of nitrogens with zero attached hydrogens (tertiary/aromatic N) is 1. The van der Waals surface area contributed by atoms with Gasteiger partial charge in [-0.1, -0.05) is 13.8 Å². The molecule has 1 rings (SSSR count). The van der Waals surface area contributed by atoms with Crippen molar-refractivity contribution >= 4 is 5.78 Å². The molecule has 0 radical (unpaired) electrons. The maximum Gasteiger partial charge on any atom is 0.133 e. The molecule has 0 aliphatic heterocycles. The van der Waals surface area contributed by atoms with Crippen LogP contribution in [0.1, 0.15) is 39.5 Å². The number of hydrogen-bond acceptors (Lipinski definition) is 2. The van der Waals surface area contributed by atoms with Crippen molar-refractivity contribution in [2.24, 2.45) is 0 Å². The van der Waals surface area contributed by atoms with E-state index >= 15 is 0 Å². The van der Waals surface area contributed by atoms with Crippen molar-refractivity contribution in [1.82, 2.24) is 4.90 Å². The number of Topliss-reactive ketones (excluding diaryl/α,β-unsaturated/α-hetero) is 1. The maximum absolute atomic E-state index is 10.8. The molecule has 1 aliphatic carbocycles. The molecule has 0 unspecified atom stereocenters. The zero-order valence-corrected chi connectivity index (χ0v) is 8.76. The van der Waals surface area contributed by atoms with Gasteiger partial charge in [-0.3, -0.25) is 4.79 Å². The summed E-state index contributed by atoms with van der Waals surface area (Å²) >= 11 is 0. The Balaban J connectivity index is 0.000000561. The first-order chi connectivity index (χ1) is 5.70. The van der Waals surface area contributed by atoms with Crippen LogP contribution in [0.15, 0.2) is 0 Å². The largest absolute Gasteiger partial charge is 0.306 e. The monoisotopic (exact) mass is 171 g/mol. The second-order valence-corrected chi connectivity index (χ2v) is 3.23. The number of ketones is 1. The third-order valence-corrected chi connectivity index (χ3v) is 2.24. The fourth-order valence-electron chi connectivity index (χ4n) is 1.44. The molecule has 0 saturated heterocycles. The quantitative estimate of drug-likeness (QED) is 0.602. The van der Waals surface area contributed by atoms with Crippen LogP contribution in [-0.4, -0.2) is 30.8 Å². The van der Waals surface area contributed by atoms with Crippen LogP contribution >= 0.6 is 0 Å². The van der Waals surface area contributed by atoms with E-state index in [1.807, 2.05) is 13.8 Å². The molecule has 1 saturated carbocycles. The van der Waals surface area contributed by atoms with Crippen molar-refractivity contribution in [3.05, 3.63) is 0 Å². The molecule has 2 heteroatoms. The minimum Gasteiger partial charge on any atom is -0.306 e. The lowest BCUT2D eigenvalue weighted by atomic mass is 9.94. The summed E-state index contributed by atoms with van der Waals surface area (Å²) in [4.78, 5) is 13.0. The summed E-state index contributed by atoms with van der Waals surface area (Å²) in [6.45, 7) is 4.00. The van der Waals surface area contributed by atoms with Crippen LogP contribution in [0.5, 0.6) is 0 Å². The molecule has 2 nitrogen and oxygen atoms in total. The van der Waals surface area contributed by atoms with Crippen LogP contribution in [0.3, 0.4) is 0 Å². The summed E-state index contributed by atoms with van der Waals surface area (Å²) in [5.41, 5.74) is 0. The summed E-state index contributed by atoms with van der Waals surface area (Å²) < 4.78 is 0. The average molecular weight is 171 g/mol. The Morgan fingerprint density at radius 1 is 1.17 bits per heavy atom. The Morgan fingerprint density at radius 2 is 1.58 bits per heavy atom. The second kappa shape index (κ2) is 6.18. The predicted octanol–water partition coefficient (Wildman–Crippen LogP) is 2.09. The van der Waals surface area contributed by atoms with Crippen LogP contribution in [0.4, 0.5) is 0 Å². The van der Waals surface area contributed by atoms with Gasteiger partial charge in [-0.15, -0.1) is 0 Å². The van der Waals surface area contributed by atoms with Gasteiger partial charge in [0.05, 0.1) is 0 Å². The summed E-state index contributed by atoms with van der Waals surface area (Å²) in [7, 11) is 4.17. The third kappa shape index (κ3) is 3.86. The van der Waals surface area contributed by atoms with E-state index in [2.05, 4.69) is 19.0 Å². The minimum atomic E-state index is 0.443. The van der Waals surface area contributed by atoms with Gasteiger partial charge in [-0.2, -0.15) is 0 Å². The van der Waals surface area contributed by atoms with Gasteiger partial charge < -0.3 is 4.90 Å². The summed E-state index contributed by atoms with van der Waals surface area (Å²) in [6, 6.07) is 0.651. The third-order valence-electron chi connectivity index (χ3n) is 2.24. The molecular formula is C10H21NO. The Bertz CT molecular complexity index is 122. The van der Waals surface area contributed by atoms with Crippen LogP contribution in [0, 0.1) is 0 Å². The Hall–Kier alpha value is -0.370. The van der Waals surface area contributed by atoms with Gasteiger partial charge in [-0.05, 0) is 26.9 Å². The van der Waals surface area contributed by atoms with Crippen LogP contribution in [0.25, 0.3) is 0 Å². The Morgan fingerprint density at radius 3 is 1.92 bits per heavy atom. The standard InChI is InChI=1S/C8H15NO.C2H6/c1-9(2)7-3-5-8(10)6-4-7;1-2/h7H,3-6H2,1-2H3;1-2H3. The predicted molar refractivity (Wildman–Crippen MR) is 52.3 cm³/mol. The zero-order chi connectivity index (χ0) is 9.56. The molecule has 0 amide bonds. The van der Waals surface area contributed by atoms with Crippen molar-refractivity contribution in [3.8, 4) is 0 Å². The number of carbonyl (C=O) groups is 1. The number of hydrogen-bond donors (Lipinski definition) is 0. The lowest BCUT2D eigenvalue weighted by Gasteiger charge is -2.26. The molecule has 0 spiro atoms. The van der Waals surface area contributed by atoms with Gasteiger partial charge in [0.15, 0.2) is 0 Å². The van der Waals surface area contributed by atoms with Crippen molar-refractivity contribution in [3.63, 3.8) is 0 Å². The molecular weight excluding hydrogens is 150 g/mol. The number of carbonyl (C=O) groups excluding carboxylic acids is 1. The second-order valence-electron chi connectivity index (χ2n) is 3.23. The van der Waals surface area contributed by atoms with Gasteiger partial charge in [0.25, 0.3) is 0 Å². The van der Waals surface area contributed by atoms with Gasteiger partial charge in [-0.25, -0.2) is 0 Å². The van der Waals surface area contributed by atoms with E-state index in [-0.39, 0.29) is 0 Å². The first-order valence-electron chi connectivity index (χ1n) is 4.88. The molecule has 0 aromatic heterocycles. The highest BCUT2D eigenvalue weighted by molar-refractivity contribution is 5.79. The normalized spacial score (nSPS) is 18.9. The van der Waals surface area contributed by atoms with Crippen molar-refractivity contribution < 1.29 is 4.79 Å². The van der Waals surface area contributed by atoms with Crippen molar-refractivity contribution in [1.29, 1.82) is 0 Å². The average Bonchev–Trinajstić information content (AvgIpc) is 2.09. The molecule has 0 aromatic carbocycles. The van der Waals surface area contributed by atoms with Gasteiger partial charge in [0.1, 0.15) is 5.78 Å². The highest BCUT2D eigenvalue weighted by Gasteiger charge is 2.19. The van der Waals surface area contributed by atoms with E-state index in [1.165, 1.54) is 0 Å². The van der Waals surface area contributed by atoms with E-state index in [4.69, 9.17) is 0 Å². The SMILES string of the molecule is CC.CN(C)C1CCC(=O)CC1. The van der Waals surface area contributed by atoms with Gasteiger partial charge >= 0.3 is 0 Å². The van der Waals surface area contributed by atoms with Crippen molar-refractivity contribution in [2.45, 2.75) is 45.6 Å². The highest BCUT2D eigenvalue weighted by Crippen LogP contribution is 2.17. The summed E-state index contributed by atoms with van der Waals surface area (Å²) in [5, 5.41) is 0.